The van der Waals surface area contributed by atoms with Gasteiger partial charge in [-0.15, -0.1) is 0 Å². The lowest BCUT2D eigenvalue weighted by atomic mass is 10.3. The van der Waals surface area contributed by atoms with Crippen LogP contribution in [0, 0.1) is 5.82 Å². The Hall–Kier alpha value is -2.28. The van der Waals surface area contributed by atoms with Crippen LogP contribution in [0.2, 0.25) is 0 Å². The number of anilines is 2. The summed E-state index contributed by atoms with van der Waals surface area (Å²) in [6.07, 6.45) is 0. The lowest BCUT2D eigenvalue weighted by molar-refractivity contribution is 0.341. The van der Waals surface area contributed by atoms with E-state index in [4.69, 9.17) is 10.5 Å². The lowest BCUT2D eigenvalue weighted by Gasteiger charge is -2.09. The Morgan fingerprint density at radius 3 is 2.52 bits per heavy atom. The summed E-state index contributed by atoms with van der Waals surface area (Å²) in [5.74, 6) is -0.216. The van der Waals surface area contributed by atoms with Crippen LogP contribution in [0.25, 0.3) is 0 Å². The summed E-state index contributed by atoms with van der Waals surface area (Å²) in [5, 5.41) is 0. The third-order valence-corrected chi connectivity index (χ3v) is 3.85. The van der Waals surface area contributed by atoms with Crippen LogP contribution in [-0.2, 0) is 10.0 Å². The number of nitrogens with two attached hydrogens (primary N) is 1. The number of rotatable bonds is 6. The van der Waals surface area contributed by atoms with E-state index in [1.807, 2.05) is 0 Å². The van der Waals surface area contributed by atoms with Crippen molar-refractivity contribution in [1.29, 1.82) is 0 Å². The van der Waals surface area contributed by atoms with Crippen LogP contribution in [0.1, 0.15) is 0 Å². The molecule has 0 saturated heterocycles. The van der Waals surface area contributed by atoms with Crippen LogP contribution in [0.15, 0.2) is 48.5 Å². The van der Waals surface area contributed by atoms with E-state index >= 15 is 0 Å². The highest BCUT2D eigenvalue weighted by Crippen LogP contribution is 2.14. The Kier molecular flexibility index (Phi) is 4.64. The van der Waals surface area contributed by atoms with E-state index in [0.29, 0.717) is 11.4 Å². The third kappa shape index (κ3) is 4.96. The molecule has 0 aliphatic carbocycles. The second-order valence-corrected chi connectivity index (χ2v) is 6.19. The summed E-state index contributed by atoms with van der Waals surface area (Å²) < 4.78 is 44.2. The summed E-state index contributed by atoms with van der Waals surface area (Å²) in [7, 11) is -3.60. The molecular weight excluding hydrogens is 295 g/mol. The highest BCUT2D eigenvalue weighted by molar-refractivity contribution is 7.92. The molecule has 7 heteroatoms. The average Bonchev–Trinajstić information content (AvgIpc) is 2.40. The highest BCUT2D eigenvalue weighted by atomic mass is 32.2. The topological polar surface area (TPSA) is 81.4 Å². The number of nitrogens with one attached hydrogen (secondary N) is 1. The van der Waals surface area contributed by atoms with Crippen molar-refractivity contribution < 1.29 is 17.5 Å². The van der Waals surface area contributed by atoms with Gasteiger partial charge >= 0.3 is 0 Å². The third-order valence-electron chi connectivity index (χ3n) is 2.60. The predicted molar refractivity (Wildman–Crippen MR) is 80.2 cm³/mol. The van der Waals surface area contributed by atoms with E-state index in [9.17, 15) is 12.8 Å². The van der Waals surface area contributed by atoms with E-state index in [2.05, 4.69) is 4.72 Å². The number of ether oxygens (including phenoxy) is 1. The molecule has 0 saturated carbocycles. The van der Waals surface area contributed by atoms with Gasteiger partial charge in [0, 0.05) is 5.69 Å². The molecule has 0 aliphatic rings. The van der Waals surface area contributed by atoms with Crippen molar-refractivity contribution in [1.82, 2.24) is 0 Å². The first-order chi connectivity index (χ1) is 9.94. The van der Waals surface area contributed by atoms with Crippen molar-refractivity contribution in [2.45, 2.75) is 0 Å². The van der Waals surface area contributed by atoms with Crippen LogP contribution in [0.3, 0.4) is 0 Å². The Balaban J connectivity index is 1.88. The minimum Gasteiger partial charge on any atom is -0.492 e. The van der Waals surface area contributed by atoms with E-state index in [-0.39, 0.29) is 18.0 Å². The molecule has 0 bridgehead atoms. The molecule has 0 aliphatic heterocycles. The molecule has 0 amide bonds. The van der Waals surface area contributed by atoms with Crippen LogP contribution < -0.4 is 15.2 Å². The zero-order chi connectivity index (χ0) is 15.3. The highest BCUT2D eigenvalue weighted by Gasteiger charge is 2.11. The zero-order valence-corrected chi connectivity index (χ0v) is 11.9. The molecule has 21 heavy (non-hydrogen) atoms. The smallest absolute Gasteiger partial charge is 0.236 e. The maximum Gasteiger partial charge on any atom is 0.236 e. The van der Waals surface area contributed by atoms with Crippen LogP contribution in [0.4, 0.5) is 15.8 Å². The van der Waals surface area contributed by atoms with Gasteiger partial charge in [0.25, 0.3) is 0 Å². The zero-order valence-electron chi connectivity index (χ0n) is 11.1. The fourth-order valence-electron chi connectivity index (χ4n) is 1.62. The quantitative estimate of drug-likeness (QED) is 0.802. The molecule has 0 aromatic heterocycles. The molecular formula is C14H15FN2O3S. The van der Waals surface area contributed by atoms with Gasteiger partial charge < -0.3 is 10.5 Å². The Bertz CT molecular complexity index is 702. The van der Waals surface area contributed by atoms with Crippen molar-refractivity contribution in [2.24, 2.45) is 0 Å². The van der Waals surface area contributed by atoms with Gasteiger partial charge in [0.05, 0.1) is 5.69 Å². The minimum atomic E-state index is -3.60. The summed E-state index contributed by atoms with van der Waals surface area (Å²) in [6.45, 7) is -0.0193. The fourth-order valence-corrected chi connectivity index (χ4v) is 2.51. The largest absolute Gasteiger partial charge is 0.492 e. The van der Waals surface area contributed by atoms with E-state index < -0.39 is 15.8 Å². The number of halogens is 1. The van der Waals surface area contributed by atoms with Crippen molar-refractivity contribution >= 4 is 21.4 Å². The van der Waals surface area contributed by atoms with E-state index in [1.54, 1.807) is 24.3 Å². The van der Waals surface area contributed by atoms with Crippen LogP contribution in [-0.4, -0.2) is 20.8 Å². The summed E-state index contributed by atoms with van der Waals surface area (Å²) in [6, 6.07) is 11.9. The molecule has 0 unspecified atom stereocenters. The monoisotopic (exact) mass is 310 g/mol. The second kappa shape index (κ2) is 6.45. The molecule has 0 heterocycles. The van der Waals surface area contributed by atoms with Crippen LogP contribution >= 0.6 is 0 Å². The maximum absolute atomic E-state index is 13.0. The molecule has 3 N–H and O–H groups in total. The second-order valence-electron chi connectivity index (χ2n) is 4.35. The van der Waals surface area contributed by atoms with Gasteiger partial charge in [-0.1, -0.05) is 6.07 Å². The number of hydrogen-bond donors (Lipinski definition) is 2. The van der Waals surface area contributed by atoms with Gasteiger partial charge in [0.15, 0.2) is 0 Å². The van der Waals surface area contributed by atoms with Crippen molar-refractivity contribution in [3.8, 4) is 5.75 Å². The first kappa shape index (κ1) is 15.1. The fraction of sp³-hybridized carbons (Fsp3) is 0.143. The minimum absolute atomic E-state index is 0.0193. The SMILES string of the molecule is Nc1ccc(OCCS(=O)(=O)Nc2cccc(F)c2)cc1. The van der Waals surface area contributed by atoms with Gasteiger partial charge in [-0.2, -0.15) is 0 Å². The first-order valence-corrected chi connectivity index (χ1v) is 7.84. The predicted octanol–water partition coefficient (Wildman–Crippen LogP) is 2.23. The van der Waals surface area contributed by atoms with Gasteiger partial charge in [-0.3, -0.25) is 4.72 Å². The molecule has 2 aromatic rings. The van der Waals surface area contributed by atoms with E-state index in [1.165, 1.54) is 18.2 Å². The Morgan fingerprint density at radius 1 is 1.14 bits per heavy atom. The number of benzene rings is 2. The number of nitrogen functional groups attached to an aromatic ring is 1. The number of sulfonamides is 1. The number of hydrogen-bond acceptors (Lipinski definition) is 4. The summed E-state index contributed by atoms with van der Waals surface area (Å²) in [4.78, 5) is 0. The van der Waals surface area contributed by atoms with Crippen molar-refractivity contribution in [3.63, 3.8) is 0 Å². The van der Waals surface area contributed by atoms with Gasteiger partial charge in [-0.05, 0) is 42.5 Å². The van der Waals surface area contributed by atoms with Gasteiger partial charge in [0.1, 0.15) is 23.9 Å². The van der Waals surface area contributed by atoms with Crippen molar-refractivity contribution in [3.05, 3.63) is 54.3 Å². The first-order valence-electron chi connectivity index (χ1n) is 6.19. The van der Waals surface area contributed by atoms with Crippen molar-refractivity contribution in [2.75, 3.05) is 22.8 Å². The Labute approximate surface area is 122 Å². The van der Waals surface area contributed by atoms with Gasteiger partial charge in [-0.25, -0.2) is 12.8 Å². The standard InChI is InChI=1S/C14H15FN2O3S/c15-11-2-1-3-13(10-11)17-21(18,19)9-8-20-14-6-4-12(16)5-7-14/h1-7,10,17H,8-9,16H2. The lowest BCUT2D eigenvalue weighted by Crippen LogP contribution is -2.21. The van der Waals surface area contributed by atoms with Gasteiger partial charge in [0.2, 0.25) is 10.0 Å². The molecule has 5 nitrogen and oxygen atoms in total. The summed E-state index contributed by atoms with van der Waals surface area (Å²) in [5.41, 5.74) is 6.31. The van der Waals surface area contributed by atoms with E-state index in [0.717, 1.165) is 6.07 Å². The maximum atomic E-state index is 13.0. The molecule has 112 valence electrons. The molecule has 0 fully saturated rings. The molecule has 2 rings (SSSR count). The summed E-state index contributed by atoms with van der Waals surface area (Å²) >= 11 is 0. The molecule has 0 atom stereocenters. The Morgan fingerprint density at radius 2 is 1.86 bits per heavy atom. The molecule has 0 spiro atoms. The normalized spacial score (nSPS) is 11.1. The molecule has 2 aromatic carbocycles. The average molecular weight is 310 g/mol. The van der Waals surface area contributed by atoms with Crippen LogP contribution in [0.5, 0.6) is 5.75 Å². The molecule has 0 radical (unpaired) electrons.